The lowest BCUT2D eigenvalue weighted by molar-refractivity contribution is 0.0959. The number of para-hydroxylation sites is 1. The Bertz CT molecular complexity index is 893. The number of carbonyl (C=O) groups excluding carboxylic acids is 1. The molecule has 0 heterocycles. The van der Waals surface area contributed by atoms with Gasteiger partial charge in [-0.05, 0) is 105 Å². The summed E-state index contributed by atoms with van der Waals surface area (Å²) in [6, 6.07) is 13.3. The van der Waals surface area contributed by atoms with Gasteiger partial charge in [0.2, 0.25) is 0 Å². The minimum Gasteiger partial charge on any atom is -0.488 e. The monoisotopic (exact) mass is 426 g/mol. The molecule has 0 saturated heterocycles. The summed E-state index contributed by atoms with van der Waals surface area (Å²) in [6.45, 7) is 18.0. The predicted octanol–water partition coefficient (Wildman–Crippen LogP) is 7.03. The normalized spacial score (nSPS) is 12.4. The van der Waals surface area contributed by atoms with Crippen molar-refractivity contribution in [2.45, 2.75) is 92.0 Å². The number of rotatable bonds is 7. The third-order valence-corrected chi connectivity index (χ3v) is 4.10. The summed E-state index contributed by atoms with van der Waals surface area (Å²) < 4.78 is 18.2. The minimum absolute atomic E-state index is 0.0451. The molecular weight excluding hydrogens is 388 g/mol. The van der Waals surface area contributed by atoms with Gasteiger partial charge in [-0.3, -0.25) is 4.79 Å². The highest BCUT2D eigenvalue weighted by Gasteiger charge is 2.21. The molecule has 0 aliphatic heterocycles. The molecular formula is C27H38O4. The zero-order chi connectivity index (χ0) is 23.4. The van der Waals surface area contributed by atoms with Crippen LogP contribution in [-0.4, -0.2) is 22.6 Å². The van der Waals surface area contributed by atoms with E-state index in [1.807, 2.05) is 105 Å². The molecule has 0 amide bonds. The molecule has 0 aliphatic rings. The number of Topliss-reactive ketones (excluding diaryl/α,β-unsaturated/α-hetero) is 1. The van der Waals surface area contributed by atoms with Gasteiger partial charge >= 0.3 is 0 Å². The second-order valence-corrected chi connectivity index (χ2v) is 10.8. The number of ketones is 1. The van der Waals surface area contributed by atoms with Crippen molar-refractivity contribution in [1.29, 1.82) is 0 Å². The number of aryl methyl sites for hydroxylation is 1. The van der Waals surface area contributed by atoms with E-state index in [0.29, 0.717) is 24.2 Å². The van der Waals surface area contributed by atoms with E-state index in [0.717, 1.165) is 17.1 Å². The summed E-state index contributed by atoms with van der Waals surface area (Å²) in [5, 5.41) is 0. The van der Waals surface area contributed by atoms with Crippen LogP contribution < -0.4 is 14.2 Å². The maximum Gasteiger partial charge on any atom is 0.166 e. The van der Waals surface area contributed by atoms with E-state index in [9.17, 15) is 4.79 Å². The van der Waals surface area contributed by atoms with Crippen molar-refractivity contribution >= 4 is 5.78 Å². The zero-order valence-corrected chi connectivity index (χ0v) is 20.6. The van der Waals surface area contributed by atoms with Crippen LogP contribution in [0.15, 0.2) is 42.5 Å². The standard InChI is InChI=1S/C27H38O4/c1-25(2,3)29-20-15-17-23(30-26(4,5)6)19(18-20)14-16-22(28)21-12-10-11-13-24(21)31-27(7,8)9/h10-13,15,17-18H,14,16H2,1-9H3. The van der Waals surface area contributed by atoms with Crippen LogP contribution in [0.3, 0.4) is 0 Å². The smallest absolute Gasteiger partial charge is 0.166 e. The second kappa shape index (κ2) is 9.33. The molecule has 0 aromatic heterocycles. The van der Waals surface area contributed by atoms with E-state index in [1.165, 1.54) is 0 Å². The topological polar surface area (TPSA) is 44.8 Å². The average Bonchev–Trinajstić information content (AvgIpc) is 2.58. The van der Waals surface area contributed by atoms with Gasteiger partial charge in [0.25, 0.3) is 0 Å². The first kappa shape index (κ1) is 24.8. The molecule has 2 rings (SSSR count). The number of benzene rings is 2. The summed E-state index contributed by atoms with van der Waals surface area (Å²) in [7, 11) is 0. The van der Waals surface area contributed by atoms with Crippen molar-refractivity contribution in [3.63, 3.8) is 0 Å². The molecule has 31 heavy (non-hydrogen) atoms. The molecule has 0 aliphatic carbocycles. The van der Waals surface area contributed by atoms with Crippen molar-refractivity contribution in [1.82, 2.24) is 0 Å². The highest BCUT2D eigenvalue weighted by atomic mass is 16.5. The van der Waals surface area contributed by atoms with Crippen molar-refractivity contribution in [2.75, 3.05) is 0 Å². The quantitative estimate of drug-likeness (QED) is 0.446. The van der Waals surface area contributed by atoms with Crippen molar-refractivity contribution in [2.24, 2.45) is 0 Å². The summed E-state index contributed by atoms with van der Waals surface area (Å²) in [4.78, 5) is 13.1. The van der Waals surface area contributed by atoms with Gasteiger partial charge in [-0.1, -0.05) is 12.1 Å². The van der Waals surface area contributed by atoms with Gasteiger partial charge in [-0.25, -0.2) is 0 Å². The van der Waals surface area contributed by atoms with E-state index in [2.05, 4.69) is 0 Å². The third-order valence-electron chi connectivity index (χ3n) is 4.10. The fourth-order valence-electron chi connectivity index (χ4n) is 3.10. The lowest BCUT2D eigenvalue weighted by atomic mass is 10.0. The lowest BCUT2D eigenvalue weighted by Gasteiger charge is -2.26. The van der Waals surface area contributed by atoms with Crippen LogP contribution >= 0.6 is 0 Å². The van der Waals surface area contributed by atoms with Gasteiger partial charge in [0, 0.05) is 6.42 Å². The van der Waals surface area contributed by atoms with Crippen molar-refractivity contribution in [3.05, 3.63) is 53.6 Å². The molecule has 2 aromatic carbocycles. The van der Waals surface area contributed by atoms with Crippen LogP contribution in [0, 0.1) is 0 Å². The molecule has 0 saturated carbocycles. The lowest BCUT2D eigenvalue weighted by Crippen LogP contribution is -2.25. The highest BCUT2D eigenvalue weighted by molar-refractivity contribution is 5.98. The Hall–Kier alpha value is -2.49. The van der Waals surface area contributed by atoms with Gasteiger partial charge in [0.15, 0.2) is 5.78 Å². The average molecular weight is 427 g/mol. The van der Waals surface area contributed by atoms with E-state index in [4.69, 9.17) is 14.2 Å². The Labute approximate surface area is 187 Å². The molecule has 4 nitrogen and oxygen atoms in total. The second-order valence-electron chi connectivity index (χ2n) is 10.8. The van der Waals surface area contributed by atoms with Crippen LogP contribution in [0.4, 0.5) is 0 Å². The maximum absolute atomic E-state index is 13.1. The van der Waals surface area contributed by atoms with Crippen LogP contribution in [0.2, 0.25) is 0 Å². The minimum atomic E-state index is -0.372. The number of ether oxygens (including phenoxy) is 3. The summed E-state index contributed by atoms with van der Waals surface area (Å²) in [5.41, 5.74) is 0.557. The molecule has 170 valence electrons. The van der Waals surface area contributed by atoms with Crippen LogP contribution in [0.5, 0.6) is 17.2 Å². The Morgan fingerprint density at radius 3 is 1.84 bits per heavy atom. The van der Waals surface area contributed by atoms with Gasteiger partial charge in [0.1, 0.15) is 34.1 Å². The number of hydrogen-bond acceptors (Lipinski definition) is 4. The largest absolute Gasteiger partial charge is 0.488 e. The van der Waals surface area contributed by atoms with E-state index in [-0.39, 0.29) is 22.6 Å². The van der Waals surface area contributed by atoms with Crippen molar-refractivity contribution in [3.8, 4) is 17.2 Å². The van der Waals surface area contributed by atoms with E-state index in [1.54, 1.807) is 0 Å². The number of carbonyl (C=O) groups is 1. The molecule has 0 spiro atoms. The molecule has 0 atom stereocenters. The van der Waals surface area contributed by atoms with E-state index < -0.39 is 0 Å². The Kier molecular flexibility index (Phi) is 7.46. The summed E-state index contributed by atoms with van der Waals surface area (Å²) in [5.74, 6) is 2.22. The van der Waals surface area contributed by atoms with Crippen LogP contribution in [-0.2, 0) is 6.42 Å². The molecule has 0 unspecified atom stereocenters. The first-order valence-corrected chi connectivity index (χ1v) is 11.0. The maximum atomic E-state index is 13.1. The van der Waals surface area contributed by atoms with Gasteiger partial charge in [-0.15, -0.1) is 0 Å². The van der Waals surface area contributed by atoms with Crippen LogP contribution in [0.1, 0.15) is 84.7 Å². The third kappa shape index (κ3) is 8.64. The van der Waals surface area contributed by atoms with Crippen molar-refractivity contribution < 1.29 is 19.0 Å². The zero-order valence-electron chi connectivity index (χ0n) is 20.6. The fourth-order valence-corrected chi connectivity index (χ4v) is 3.10. The molecule has 0 bridgehead atoms. The SMILES string of the molecule is CC(C)(C)Oc1ccc(OC(C)(C)C)c(CCC(=O)c2ccccc2OC(C)(C)C)c1. The molecule has 4 heteroatoms. The summed E-state index contributed by atoms with van der Waals surface area (Å²) in [6.07, 6.45) is 0.902. The van der Waals surface area contributed by atoms with Gasteiger partial charge < -0.3 is 14.2 Å². The number of hydrogen-bond donors (Lipinski definition) is 0. The Morgan fingerprint density at radius 1 is 0.710 bits per heavy atom. The molecule has 0 fully saturated rings. The highest BCUT2D eigenvalue weighted by Crippen LogP contribution is 2.31. The summed E-state index contributed by atoms with van der Waals surface area (Å²) >= 11 is 0. The van der Waals surface area contributed by atoms with E-state index >= 15 is 0 Å². The predicted molar refractivity (Wildman–Crippen MR) is 127 cm³/mol. The first-order chi connectivity index (χ1) is 14.1. The Balaban J connectivity index is 2.26. The fraction of sp³-hybridized carbons (Fsp3) is 0.519. The molecule has 2 aromatic rings. The first-order valence-electron chi connectivity index (χ1n) is 11.0. The molecule has 0 radical (unpaired) electrons. The van der Waals surface area contributed by atoms with Gasteiger partial charge in [-0.2, -0.15) is 0 Å². The molecule has 0 N–H and O–H groups in total. The van der Waals surface area contributed by atoms with Gasteiger partial charge in [0.05, 0.1) is 5.56 Å². The van der Waals surface area contributed by atoms with Crippen LogP contribution in [0.25, 0.3) is 0 Å². The Morgan fingerprint density at radius 2 is 1.26 bits per heavy atom.